The standard InChI is InChI=1S/C9H14N2O2S2/c1-7(13)9(11-3)6-15-14-5-8(4-12)10-2/h2-4,8-11H,5-6H2,1H3. The summed E-state index contributed by atoms with van der Waals surface area (Å²) < 4.78 is 0. The molecule has 0 amide bonds. The third kappa shape index (κ3) is 6.94. The molecule has 0 aliphatic rings. The Morgan fingerprint density at radius 3 is 2.33 bits per heavy atom. The average Bonchev–Trinajstić information content (AvgIpc) is 2.23. The van der Waals surface area contributed by atoms with Gasteiger partial charge in [-0.3, -0.25) is 4.79 Å². The largest absolute Gasteiger partial charge is 0.302 e. The molecule has 0 aliphatic carbocycles. The highest BCUT2D eigenvalue weighted by Crippen LogP contribution is 2.22. The minimum absolute atomic E-state index is 0.00510. The Morgan fingerprint density at radius 2 is 1.93 bits per heavy atom. The third-order valence-electron chi connectivity index (χ3n) is 1.64. The summed E-state index contributed by atoms with van der Waals surface area (Å²) in [7, 11) is 13.2. The molecule has 84 valence electrons. The second-order valence-corrected chi connectivity index (χ2v) is 5.36. The van der Waals surface area contributed by atoms with Gasteiger partial charge in [-0.15, -0.1) is 0 Å². The lowest BCUT2D eigenvalue weighted by atomic mass is 10.2. The predicted molar refractivity (Wildman–Crippen MR) is 64.1 cm³/mol. The number of carbonyl (C=O) groups excluding carboxylic acids is 2. The van der Waals surface area contributed by atoms with Gasteiger partial charge in [0.25, 0.3) is 0 Å². The molecule has 6 heteroatoms. The zero-order chi connectivity index (χ0) is 11.7. The van der Waals surface area contributed by atoms with Crippen LogP contribution in [0, 0.1) is 14.1 Å². The Balaban J connectivity index is 3.60. The fraction of sp³-hybridized carbons (Fsp3) is 0.556. The van der Waals surface area contributed by atoms with Crippen LogP contribution in [0.5, 0.6) is 0 Å². The van der Waals surface area contributed by atoms with Crippen LogP contribution in [0.4, 0.5) is 0 Å². The van der Waals surface area contributed by atoms with Gasteiger partial charge in [0.05, 0.1) is 12.1 Å². The molecule has 2 atom stereocenters. The maximum atomic E-state index is 11.0. The Hall–Kier alpha value is -0.0400. The van der Waals surface area contributed by atoms with Gasteiger partial charge in [0.1, 0.15) is 12.1 Å². The third-order valence-corrected chi connectivity index (χ3v) is 4.08. The minimum Gasteiger partial charge on any atom is -0.302 e. The van der Waals surface area contributed by atoms with Crippen LogP contribution in [0.25, 0.3) is 0 Å². The van der Waals surface area contributed by atoms with Crippen LogP contribution in [0.15, 0.2) is 0 Å². The zero-order valence-electron chi connectivity index (χ0n) is 8.43. The van der Waals surface area contributed by atoms with E-state index in [0.717, 1.165) is 6.29 Å². The van der Waals surface area contributed by atoms with Crippen LogP contribution in [0.2, 0.25) is 0 Å². The molecule has 4 nitrogen and oxygen atoms in total. The van der Waals surface area contributed by atoms with E-state index in [-0.39, 0.29) is 17.9 Å². The normalized spacial score (nSPS) is 14.6. The van der Waals surface area contributed by atoms with Gasteiger partial charge in [0.2, 0.25) is 0 Å². The minimum atomic E-state index is -0.357. The van der Waals surface area contributed by atoms with Crippen LogP contribution < -0.4 is 10.6 Å². The number of Topliss-reactive ketones (excluding diaryl/α,β-unsaturated/α-hetero) is 1. The second-order valence-electron chi connectivity index (χ2n) is 2.81. The van der Waals surface area contributed by atoms with Crippen molar-refractivity contribution in [1.82, 2.24) is 10.6 Å². The summed E-state index contributed by atoms with van der Waals surface area (Å²) >= 11 is 0. The van der Waals surface area contributed by atoms with Crippen LogP contribution >= 0.6 is 21.6 Å². The predicted octanol–water partition coefficient (Wildman–Crippen LogP) is 0.409. The van der Waals surface area contributed by atoms with Crippen LogP contribution in [0.3, 0.4) is 0 Å². The first-order chi connectivity index (χ1) is 7.15. The molecule has 0 aliphatic heterocycles. The fourth-order valence-corrected chi connectivity index (χ4v) is 3.05. The Kier molecular flexibility index (Phi) is 9.18. The molecule has 0 bridgehead atoms. The summed E-state index contributed by atoms with van der Waals surface area (Å²) in [6.07, 6.45) is 0.747. The van der Waals surface area contributed by atoms with Crippen LogP contribution in [0.1, 0.15) is 6.92 Å². The van der Waals surface area contributed by atoms with Gasteiger partial charge < -0.3 is 15.4 Å². The second kappa shape index (κ2) is 9.21. The first kappa shape index (κ1) is 15.0. The van der Waals surface area contributed by atoms with Crippen LogP contribution in [-0.4, -0.2) is 35.7 Å². The lowest BCUT2D eigenvalue weighted by molar-refractivity contribution is -0.118. The van der Waals surface area contributed by atoms with E-state index in [1.807, 2.05) is 0 Å². The molecule has 0 saturated carbocycles. The number of aldehydes is 1. The summed E-state index contributed by atoms with van der Waals surface area (Å²) in [6.45, 7) is 1.48. The number of hydrogen-bond donors (Lipinski definition) is 2. The summed E-state index contributed by atoms with van der Waals surface area (Å²) in [4.78, 5) is 21.3. The molecular formula is C9H14N2O2S2. The molecule has 0 rings (SSSR count). The lowest BCUT2D eigenvalue weighted by Crippen LogP contribution is -2.33. The van der Waals surface area contributed by atoms with Crippen molar-refractivity contribution in [3.05, 3.63) is 14.1 Å². The smallest absolute Gasteiger partial charge is 0.147 e. The van der Waals surface area contributed by atoms with Crippen molar-refractivity contribution in [3.63, 3.8) is 0 Å². The number of hydrogen-bond acceptors (Lipinski definition) is 6. The number of carbonyl (C=O) groups is 2. The van der Waals surface area contributed by atoms with Crippen molar-refractivity contribution in [1.29, 1.82) is 0 Å². The number of ketones is 1. The Labute approximate surface area is 98.7 Å². The van der Waals surface area contributed by atoms with Crippen molar-refractivity contribution >= 4 is 33.7 Å². The highest BCUT2D eigenvalue weighted by Gasteiger charge is 2.12. The van der Waals surface area contributed by atoms with E-state index in [9.17, 15) is 9.59 Å². The van der Waals surface area contributed by atoms with Gasteiger partial charge in [0, 0.05) is 25.6 Å². The topological polar surface area (TPSA) is 58.2 Å². The average molecular weight is 246 g/mol. The first-order valence-corrected chi connectivity index (χ1v) is 6.77. The van der Waals surface area contributed by atoms with E-state index >= 15 is 0 Å². The Morgan fingerprint density at radius 1 is 1.33 bits per heavy atom. The lowest BCUT2D eigenvalue weighted by Gasteiger charge is -2.12. The molecule has 0 saturated heterocycles. The van der Waals surface area contributed by atoms with Crippen LogP contribution in [-0.2, 0) is 9.59 Å². The maximum absolute atomic E-state index is 11.0. The van der Waals surface area contributed by atoms with Crippen molar-refractivity contribution in [3.8, 4) is 0 Å². The van der Waals surface area contributed by atoms with Gasteiger partial charge in [-0.2, -0.15) is 0 Å². The quantitative estimate of drug-likeness (QED) is 0.266. The van der Waals surface area contributed by atoms with Crippen molar-refractivity contribution in [2.45, 2.75) is 19.0 Å². The van der Waals surface area contributed by atoms with E-state index in [4.69, 9.17) is 14.1 Å². The molecule has 0 aromatic rings. The molecule has 0 aromatic carbocycles. The first-order valence-electron chi connectivity index (χ1n) is 4.28. The van der Waals surface area contributed by atoms with Gasteiger partial charge in [0.15, 0.2) is 0 Å². The highest BCUT2D eigenvalue weighted by atomic mass is 33.1. The molecule has 2 unspecified atom stereocenters. The Bertz CT molecular complexity index is 203. The summed E-state index contributed by atoms with van der Waals surface area (Å²) in [5, 5.41) is 4.79. The van der Waals surface area contributed by atoms with E-state index < -0.39 is 0 Å². The molecule has 0 fully saturated rings. The molecule has 0 heterocycles. The molecule has 15 heavy (non-hydrogen) atoms. The molecule has 0 spiro atoms. The van der Waals surface area contributed by atoms with E-state index in [0.29, 0.717) is 11.5 Å². The van der Waals surface area contributed by atoms with Crippen molar-refractivity contribution in [2.24, 2.45) is 0 Å². The SMILES string of the molecule is [CH]NC(C=O)CSSCC(N[CH])C(C)=O. The monoisotopic (exact) mass is 246 g/mol. The molecular weight excluding hydrogens is 232 g/mol. The molecule has 0 aromatic heterocycles. The van der Waals surface area contributed by atoms with Gasteiger partial charge in [-0.05, 0) is 6.92 Å². The summed E-state index contributed by atoms with van der Waals surface area (Å²) in [5.41, 5.74) is 0. The molecule has 4 radical (unpaired) electrons. The van der Waals surface area contributed by atoms with Crippen molar-refractivity contribution < 1.29 is 9.59 Å². The molecule has 2 N–H and O–H groups in total. The van der Waals surface area contributed by atoms with E-state index in [2.05, 4.69) is 10.6 Å². The summed E-state index contributed by atoms with van der Waals surface area (Å²) in [6, 6.07) is -0.702. The fourth-order valence-electron chi connectivity index (χ4n) is 0.647. The zero-order valence-corrected chi connectivity index (χ0v) is 10.1. The van der Waals surface area contributed by atoms with Gasteiger partial charge >= 0.3 is 0 Å². The maximum Gasteiger partial charge on any atom is 0.147 e. The van der Waals surface area contributed by atoms with E-state index in [1.165, 1.54) is 28.5 Å². The van der Waals surface area contributed by atoms with E-state index in [1.54, 1.807) is 0 Å². The highest BCUT2D eigenvalue weighted by molar-refractivity contribution is 8.76. The summed E-state index contributed by atoms with van der Waals surface area (Å²) in [5.74, 6) is 1.11. The van der Waals surface area contributed by atoms with Crippen molar-refractivity contribution in [2.75, 3.05) is 11.5 Å². The van der Waals surface area contributed by atoms with Gasteiger partial charge in [-0.1, -0.05) is 21.6 Å². The number of rotatable bonds is 9. The van der Waals surface area contributed by atoms with Gasteiger partial charge in [-0.25, -0.2) is 0 Å². The number of nitrogens with one attached hydrogen (secondary N) is 2.